The van der Waals surface area contributed by atoms with Crippen LogP contribution in [0.3, 0.4) is 0 Å². The molecule has 138 valence electrons. The van der Waals surface area contributed by atoms with Crippen LogP contribution in [0.5, 0.6) is 0 Å². The van der Waals surface area contributed by atoms with Crippen molar-refractivity contribution in [2.24, 2.45) is 5.16 Å². The number of nitrogens with zero attached hydrogens (tertiary/aromatic N) is 1. The fourth-order valence-corrected chi connectivity index (χ4v) is 3.27. The number of sulfonamides is 1. The van der Waals surface area contributed by atoms with E-state index < -0.39 is 16.0 Å². The number of rotatable bonds is 9. The van der Waals surface area contributed by atoms with Gasteiger partial charge in [0, 0.05) is 12.0 Å². The Morgan fingerprint density at radius 3 is 2.35 bits per heavy atom. The lowest BCUT2D eigenvalue weighted by molar-refractivity contribution is -0.136. The first kappa shape index (κ1) is 19.6. The minimum Gasteiger partial charge on any atom is -0.481 e. The first-order valence-electron chi connectivity index (χ1n) is 7.88. The first-order chi connectivity index (χ1) is 12.4. The SMILES string of the molecule is CON=C(CNS(=O)(=O)c1ccccc1)c1ccc(CCC(=O)O)cc1. The van der Waals surface area contributed by atoms with E-state index in [0.717, 1.165) is 5.56 Å². The molecule has 0 aromatic heterocycles. The quantitative estimate of drug-likeness (QED) is 0.515. The molecule has 0 amide bonds. The molecule has 2 N–H and O–H groups in total. The van der Waals surface area contributed by atoms with Gasteiger partial charge in [0.1, 0.15) is 12.8 Å². The molecular weight excluding hydrogens is 356 g/mol. The molecule has 2 aromatic rings. The van der Waals surface area contributed by atoms with Gasteiger partial charge in [-0.15, -0.1) is 0 Å². The summed E-state index contributed by atoms with van der Waals surface area (Å²) in [5.74, 6) is -0.856. The highest BCUT2D eigenvalue weighted by Gasteiger charge is 2.15. The number of hydrogen-bond donors (Lipinski definition) is 2. The second-order valence-electron chi connectivity index (χ2n) is 5.45. The number of carboxylic acids is 1. The van der Waals surface area contributed by atoms with Gasteiger partial charge < -0.3 is 9.94 Å². The second-order valence-corrected chi connectivity index (χ2v) is 7.22. The van der Waals surface area contributed by atoms with E-state index in [-0.39, 0.29) is 17.9 Å². The maximum atomic E-state index is 12.3. The number of aryl methyl sites for hydroxylation is 1. The first-order valence-corrected chi connectivity index (χ1v) is 9.36. The van der Waals surface area contributed by atoms with Crippen molar-refractivity contribution >= 4 is 21.7 Å². The zero-order valence-corrected chi connectivity index (χ0v) is 15.1. The topological polar surface area (TPSA) is 105 Å². The molecule has 7 nitrogen and oxygen atoms in total. The third kappa shape index (κ3) is 5.68. The molecule has 0 bridgehead atoms. The molecule has 2 aromatic carbocycles. The summed E-state index contributed by atoms with van der Waals surface area (Å²) < 4.78 is 27.1. The van der Waals surface area contributed by atoms with Crippen LogP contribution in [0, 0.1) is 0 Å². The van der Waals surface area contributed by atoms with Crippen LogP contribution in [0.2, 0.25) is 0 Å². The zero-order chi connectivity index (χ0) is 19.0. The summed E-state index contributed by atoms with van der Waals surface area (Å²) in [5.41, 5.74) is 1.97. The molecule has 0 saturated heterocycles. The van der Waals surface area contributed by atoms with Gasteiger partial charge in [0.2, 0.25) is 10.0 Å². The highest BCUT2D eigenvalue weighted by atomic mass is 32.2. The summed E-state index contributed by atoms with van der Waals surface area (Å²) in [4.78, 5) is 15.6. The molecule has 0 fully saturated rings. The average Bonchev–Trinajstić information content (AvgIpc) is 2.64. The van der Waals surface area contributed by atoms with Crippen molar-refractivity contribution in [3.05, 3.63) is 65.7 Å². The number of hydrogen-bond acceptors (Lipinski definition) is 5. The van der Waals surface area contributed by atoms with E-state index >= 15 is 0 Å². The predicted molar refractivity (Wildman–Crippen MR) is 97.6 cm³/mol. The number of nitrogens with one attached hydrogen (secondary N) is 1. The van der Waals surface area contributed by atoms with Crippen molar-refractivity contribution in [1.29, 1.82) is 0 Å². The van der Waals surface area contributed by atoms with Crippen molar-refractivity contribution in [3.8, 4) is 0 Å². The van der Waals surface area contributed by atoms with Crippen molar-refractivity contribution < 1.29 is 23.2 Å². The van der Waals surface area contributed by atoms with E-state index in [9.17, 15) is 13.2 Å². The number of oxime groups is 1. The Balaban J connectivity index is 2.09. The van der Waals surface area contributed by atoms with Gasteiger partial charge >= 0.3 is 5.97 Å². The second kappa shape index (κ2) is 9.12. The Morgan fingerprint density at radius 2 is 1.77 bits per heavy atom. The molecule has 0 unspecified atom stereocenters. The van der Waals surface area contributed by atoms with Gasteiger partial charge in [0.15, 0.2) is 0 Å². The molecule has 2 rings (SSSR count). The van der Waals surface area contributed by atoms with E-state index in [0.29, 0.717) is 17.7 Å². The van der Waals surface area contributed by atoms with Crippen LogP contribution in [0.15, 0.2) is 64.6 Å². The molecule has 0 radical (unpaired) electrons. The maximum absolute atomic E-state index is 12.3. The fourth-order valence-electron chi connectivity index (χ4n) is 2.26. The number of carbonyl (C=O) groups is 1. The zero-order valence-electron chi connectivity index (χ0n) is 14.3. The van der Waals surface area contributed by atoms with E-state index in [1.54, 1.807) is 42.5 Å². The van der Waals surface area contributed by atoms with E-state index in [1.165, 1.54) is 19.2 Å². The summed E-state index contributed by atoms with van der Waals surface area (Å²) in [6.07, 6.45) is 0.474. The summed E-state index contributed by atoms with van der Waals surface area (Å²) in [6, 6.07) is 15.1. The smallest absolute Gasteiger partial charge is 0.303 e. The Labute approximate surface area is 152 Å². The molecule has 0 aliphatic rings. The molecule has 8 heteroatoms. The van der Waals surface area contributed by atoms with Gasteiger partial charge in [-0.25, -0.2) is 13.1 Å². The summed E-state index contributed by atoms with van der Waals surface area (Å²) in [5, 5.41) is 12.6. The monoisotopic (exact) mass is 376 g/mol. The van der Waals surface area contributed by atoms with Gasteiger partial charge in [-0.2, -0.15) is 0 Å². The average molecular weight is 376 g/mol. The lowest BCUT2D eigenvalue weighted by Gasteiger charge is -2.10. The van der Waals surface area contributed by atoms with Crippen molar-refractivity contribution in [2.45, 2.75) is 17.7 Å². The summed E-state index contributed by atoms with van der Waals surface area (Å²) >= 11 is 0. The standard InChI is InChI=1S/C18H20N2O5S/c1-25-20-17(13-19-26(23,24)16-5-3-2-4-6-16)15-10-7-14(8-11-15)9-12-18(21)22/h2-8,10-11,19H,9,12-13H2,1H3,(H,21,22). The Bertz CT molecular complexity index is 862. The lowest BCUT2D eigenvalue weighted by atomic mass is 10.0. The number of carboxylic acid groups (broad SMARTS) is 1. The van der Waals surface area contributed by atoms with E-state index in [1.807, 2.05) is 0 Å². The van der Waals surface area contributed by atoms with Crippen LogP contribution in [-0.4, -0.2) is 38.9 Å². The van der Waals surface area contributed by atoms with Crippen LogP contribution >= 0.6 is 0 Å². The molecule has 0 saturated carbocycles. The molecule has 0 atom stereocenters. The fraction of sp³-hybridized carbons (Fsp3) is 0.222. The van der Waals surface area contributed by atoms with Gasteiger partial charge in [-0.3, -0.25) is 4.79 Å². The number of benzene rings is 2. The van der Waals surface area contributed by atoms with Gasteiger partial charge in [-0.1, -0.05) is 47.6 Å². The molecule has 0 heterocycles. The Kier molecular flexibility index (Phi) is 6.88. The van der Waals surface area contributed by atoms with Crippen LogP contribution < -0.4 is 4.72 Å². The third-order valence-electron chi connectivity index (χ3n) is 3.60. The maximum Gasteiger partial charge on any atom is 0.303 e. The van der Waals surface area contributed by atoms with Gasteiger partial charge in [-0.05, 0) is 24.1 Å². The largest absolute Gasteiger partial charge is 0.481 e. The molecule has 0 spiro atoms. The van der Waals surface area contributed by atoms with Gasteiger partial charge in [0.25, 0.3) is 0 Å². The van der Waals surface area contributed by atoms with Crippen molar-refractivity contribution in [3.63, 3.8) is 0 Å². The third-order valence-corrected chi connectivity index (χ3v) is 5.02. The van der Waals surface area contributed by atoms with Crippen LogP contribution in [0.1, 0.15) is 17.5 Å². The summed E-state index contributed by atoms with van der Waals surface area (Å²) in [6.45, 7) is -0.0421. The predicted octanol–water partition coefficient (Wildman–Crippen LogP) is 2.03. The van der Waals surface area contributed by atoms with Crippen LogP contribution in [0.4, 0.5) is 0 Å². The normalized spacial score (nSPS) is 12.0. The van der Waals surface area contributed by atoms with Crippen molar-refractivity contribution in [2.75, 3.05) is 13.7 Å². The minimum absolute atomic E-state index is 0.0421. The minimum atomic E-state index is -3.66. The van der Waals surface area contributed by atoms with Gasteiger partial charge in [0.05, 0.1) is 11.4 Å². The van der Waals surface area contributed by atoms with Crippen LogP contribution in [-0.2, 0) is 26.1 Å². The van der Waals surface area contributed by atoms with E-state index in [4.69, 9.17) is 9.94 Å². The summed E-state index contributed by atoms with van der Waals surface area (Å²) in [7, 11) is -2.28. The Hall–Kier alpha value is -2.71. The van der Waals surface area contributed by atoms with E-state index in [2.05, 4.69) is 9.88 Å². The highest BCUT2D eigenvalue weighted by molar-refractivity contribution is 7.89. The number of aliphatic carboxylic acids is 1. The highest BCUT2D eigenvalue weighted by Crippen LogP contribution is 2.10. The van der Waals surface area contributed by atoms with Crippen molar-refractivity contribution in [1.82, 2.24) is 4.72 Å². The molecule has 0 aliphatic heterocycles. The lowest BCUT2D eigenvalue weighted by Crippen LogP contribution is -2.30. The molecule has 0 aliphatic carbocycles. The van der Waals surface area contributed by atoms with Crippen LogP contribution in [0.25, 0.3) is 0 Å². The molecular formula is C18H20N2O5S. The Morgan fingerprint density at radius 1 is 1.12 bits per heavy atom. The molecule has 26 heavy (non-hydrogen) atoms.